The maximum atomic E-state index is 8.86. The molecule has 0 aliphatic rings. The van der Waals surface area contributed by atoms with E-state index in [0.29, 0.717) is 0 Å². The van der Waals surface area contributed by atoms with Crippen molar-refractivity contribution in [2.75, 3.05) is 0 Å². The van der Waals surface area contributed by atoms with Crippen LogP contribution in [0.3, 0.4) is 0 Å². The number of pyridine rings is 2. The van der Waals surface area contributed by atoms with E-state index in [2.05, 4.69) is 89.8 Å². The number of benzene rings is 4. The number of rotatable bonds is 6. The Morgan fingerprint density at radius 1 is 0.750 bits per heavy atom. The van der Waals surface area contributed by atoms with Crippen molar-refractivity contribution in [1.82, 2.24) is 9.97 Å². The Bertz CT molecular complexity index is 2100. The topological polar surface area (TPSA) is 38.9 Å². The van der Waals surface area contributed by atoms with Gasteiger partial charge in [-0.05, 0) is 11.8 Å². The number of furan rings is 1. The molecular weight excluding hydrogens is 825 g/mol. The predicted octanol–water partition coefficient (Wildman–Crippen LogP) is 11.2. The molecule has 3 heterocycles. The van der Waals surface area contributed by atoms with Gasteiger partial charge >= 0.3 is 207 Å². The average Bonchev–Trinajstić information content (AvgIpc) is 3.44. The average molecular weight is 867 g/mol. The van der Waals surface area contributed by atoms with Crippen LogP contribution in [0.2, 0.25) is 17.3 Å². The van der Waals surface area contributed by atoms with Crippen molar-refractivity contribution in [3.63, 3.8) is 0 Å². The van der Waals surface area contributed by atoms with Crippen LogP contribution in [0.5, 0.6) is 0 Å². The first kappa shape index (κ1) is 33.8. The maximum Gasteiger partial charge on any atom is 0.0160 e. The van der Waals surface area contributed by atoms with Gasteiger partial charge in [-0.2, -0.15) is 0 Å². The van der Waals surface area contributed by atoms with Crippen molar-refractivity contribution in [2.45, 2.75) is 43.9 Å². The van der Waals surface area contributed by atoms with Crippen LogP contribution in [0.15, 0.2) is 132 Å². The first-order valence-electron chi connectivity index (χ1n) is 16.5. The smallest absolute Gasteiger partial charge is 0.0160 e. The molecule has 3 nitrogen and oxygen atoms in total. The Morgan fingerprint density at radius 3 is 2.02 bits per heavy atom. The second-order valence-corrected chi connectivity index (χ2v) is 23.5. The van der Waals surface area contributed by atoms with Crippen LogP contribution in [0, 0.1) is 19.1 Å². The van der Waals surface area contributed by atoms with Gasteiger partial charge in [0.05, 0.1) is 0 Å². The number of fused-ring (bicyclic) bond motifs is 1. The van der Waals surface area contributed by atoms with Gasteiger partial charge in [0.2, 0.25) is 0 Å². The minimum absolute atomic E-state index is 0. The van der Waals surface area contributed by atoms with Crippen molar-refractivity contribution in [2.24, 2.45) is 0 Å². The van der Waals surface area contributed by atoms with Crippen LogP contribution >= 0.6 is 0 Å². The molecular formula is C43H40GeIrN2O-2. The van der Waals surface area contributed by atoms with Crippen LogP contribution in [-0.4, -0.2) is 23.2 Å². The van der Waals surface area contributed by atoms with Gasteiger partial charge in [0.15, 0.2) is 0 Å². The zero-order valence-corrected chi connectivity index (χ0v) is 32.8. The monoisotopic (exact) mass is 868 g/mol. The molecule has 0 aliphatic carbocycles. The summed E-state index contributed by atoms with van der Waals surface area (Å²) in [6.45, 7) is 6.05. The molecule has 0 spiro atoms. The van der Waals surface area contributed by atoms with Crippen LogP contribution < -0.4 is 4.40 Å². The van der Waals surface area contributed by atoms with Crippen molar-refractivity contribution in [1.29, 1.82) is 0 Å². The number of aryl methyl sites for hydroxylation is 1. The van der Waals surface area contributed by atoms with Gasteiger partial charge in [-0.1, -0.05) is 18.2 Å². The zero-order chi connectivity index (χ0) is 33.9. The van der Waals surface area contributed by atoms with Gasteiger partial charge < -0.3 is 4.98 Å². The Balaban J connectivity index is 0.000000303. The normalized spacial score (nSPS) is 11.7. The van der Waals surface area contributed by atoms with Crippen molar-refractivity contribution in [3.8, 4) is 45.0 Å². The molecule has 0 N–H and O–H groups in total. The first-order chi connectivity index (χ1) is 23.0. The van der Waals surface area contributed by atoms with Gasteiger partial charge in [-0.15, -0.1) is 35.9 Å². The molecule has 1 radical (unpaired) electrons. The molecule has 4 aromatic carbocycles. The summed E-state index contributed by atoms with van der Waals surface area (Å²) >= 11 is -2.22. The van der Waals surface area contributed by atoms with E-state index in [1.54, 1.807) is 6.20 Å². The summed E-state index contributed by atoms with van der Waals surface area (Å²) in [5.74, 6) is 7.23. The molecule has 0 saturated carbocycles. The summed E-state index contributed by atoms with van der Waals surface area (Å²) in [5, 5.41) is 1.08. The van der Waals surface area contributed by atoms with Crippen molar-refractivity contribution in [3.05, 3.63) is 151 Å². The third-order valence-electron chi connectivity index (χ3n) is 8.25. The van der Waals surface area contributed by atoms with Gasteiger partial charge in [0, 0.05) is 26.3 Å². The molecule has 0 aliphatic heterocycles. The number of aromatic nitrogens is 2. The van der Waals surface area contributed by atoms with Crippen LogP contribution in [0.25, 0.3) is 55.9 Å². The Hall–Kier alpha value is -4.09. The third-order valence-corrected chi connectivity index (χ3v) is 12.5. The van der Waals surface area contributed by atoms with Crippen LogP contribution in [-0.2, 0) is 20.1 Å². The Kier molecular flexibility index (Phi) is 10.9. The van der Waals surface area contributed by atoms with E-state index in [0.717, 1.165) is 67.1 Å². The van der Waals surface area contributed by atoms with E-state index in [9.17, 15) is 0 Å². The summed E-state index contributed by atoms with van der Waals surface area (Å²) in [7, 11) is 0. The standard InChI is InChI=1S/C32H32GeNO.C11H8N.Ir/c1-21(2)26-19-29(34-20-28(26)33(4,5)6)25-17-27(23-13-9-7-10-14-23)31-22(3)32(35-30(31)18-25)24-15-11-8-12-16-24;1-2-6-10(7-3-1)11-8-4-5-9-12-11;/h7-17,19-21H,1-6H3;1-6,8-9H;/q2*-1;/i21D;;. The molecule has 5 heteroatoms. The van der Waals surface area contributed by atoms with Crippen molar-refractivity contribution < 1.29 is 25.9 Å². The predicted molar refractivity (Wildman–Crippen MR) is 199 cm³/mol. The summed E-state index contributed by atoms with van der Waals surface area (Å²) in [5.41, 5.74) is 9.91. The fourth-order valence-electron chi connectivity index (χ4n) is 5.84. The SMILES string of the molecule is [2H]C(C)(C)c1cc(-c2[c-]c3oc(-c4ccccc4)c(C)c3c(-c3ccccc3)c2)nc[c]1[Ge]([CH3])([CH3])[CH3].[Ir].[c-]1ccccc1-c1ccccn1. The first-order valence-corrected chi connectivity index (χ1v) is 23.3. The molecule has 0 amide bonds. The summed E-state index contributed by atoms with van der Waals surface area (Å²) in [4.78, 5) is 9.13. The van der Waals surface area contributed by atoms with E-state index in [1.165, 1.54) is 4.40 Å². The van der Waals surface area contributed by atoms with Crippen molar-refractivity contribution >= 4 is 28.6 Å². The maximum absolute atomic E-state index is 8.86. The number of hydrogen-bond acceptors (Lipinski definition) is 3. The largest absolute Gasteiger partial charge is 0.305 e. The minimum Gasteiger partial charge on any atom is -0.305 e. The molecule has 0 saturated heterocycles. The van der Waals surface area contributed by atoms with Gasteiger partial charge in [0.1, 0.15) is 0 Å². The van der Waals surface area contributed by atoms with E-state index in [4.69, 9.17) is 10.8 Å². The molecule has 3 aromatic heterocycles. The molecule has 243 valence electrons. The fourth-order valence-corrected chi connectivity index (χ4v) is 9.16. The second kappa shape index (κ2) is 15.4. The Labute approximate surface area is 302 Å². The number of hydrogen-bond donors (Lipinski definition) is 0. The van der Waals surface area contributed by atoms with Gasteiger partial charge in [-0.3, -0.25) is 0 Å². The summed E-state index contributed by atoms with van der Waals surface area (Å²) in [6.07, 6.45) is 3.81. The third kappa shape index (κ3) is 7.79. The van der Waals surface area contributed by atoms with Gasteiger partial charge in [0.25, 0.3) is 0 Å². The quantitative estimate of drug-likeness (QED) is 0.123. The second-order valence-electron chi connectivity index (χ2n) is 12.9. The van der Waals surface area contributed by atoms with Crippen LogP contribution in [0.1, 0.15) is 32.2 Å². The summed E-state index contributed by atoms with van der Waals surface area (Å²) < 4.78 is 16.6. The molecule has 7 aromatic rings. The zero-order valence-electron chi connectivity index (χ0n) is 29.3. The molecule has 0 atom stereocenters. The molecule has 0 fully saturated rings. The summed E-state index contributed by atoms with van der Waals surface area (Å²) in [6, 6.07) is 45.3. The van der Waals surface area contributed by atoms with E-state index in [-0.39, 0.29) is 20.1 Å². The van der Waals surface area contributed by atoms with Gasteiger partial charge in [-0.25, -0.2) is 0 Å². The fraction of sp³-hybridized carbons (Fsp3) is 0.163. The van der Waals surface area contributed by atoms with E-state index < -0.39 is 19.2 Å². The van der Waals surface area contributed by atoms with E-state index >= 15 is 0 Å². The van der Waals surface area contributed by atoms with Crippen LogP contribution in [0.4, 0.5) is 0 Å². The Morgan fingerprint density at radius 2 is 1.42 bits per heavy atom. The molecule has 48 heavy (non-hydrogen) atoms. The van der Waals surface area contributed by atoms with E-state index in [1.807, 2.05) is 86.8 Å². The molecule has 0 unspecified atom stereocenters. The number of nitrogens with zero attached hydrogens (tertiary/aromatic N) is 2. The molecule has 7 rings (SSSR count). The molecule has 0 bridgehead atoms. The minimum atomic E-state index is -2.22.